The molecule has 0 saturated carbocycles. The molecule has 1 amide bonds. The predicted octanol–water partition coefficient (Wildman–Crippen LogP) is 3.71. The lowest BCUT2D eigenvalue weighted by Gasteiger charge is -2.30. The number of hydrogen-bond acceptors (Lipinski definition) is 2. The summed E-state index contributed by atoms with van der Waals surface area (Å²) in [5, 5.41) is 2.19. The Hall–Kier alpha value is -2.68. The number of aryl methyl sites for hydroxylation is 1. The minimum absolute atomic E-state index is 0.175. The largest absolute Gasteiger partial charge is 0.306 e. The van der Waals surface area contributed by atoms with Crippen LogP contribution in [0.5, 0.6) is 0 Å². The summed E-state index contributed by atoms with van der Waals surface area (Å²) in [5.41, 5.74) is 3.14. The van der Waals surface area contributed by atoms with Crippen molar-refractivity contribution in [3.8, 4) is 0 Å². The first-order valence-electron chi connectivity index (χ1n) is 7.54. The minimum atomic E-state index is 0.175. The van der Waals surface area contributed by atoms with Gasteiger partial charge in [0.2, 0.25) is 5.91 Å². The number of pyridine rings is 1. The Labute approximate surface area is 129 Å². The molecule has 0 saturated heterocycles. The molecule has 0 N–H and O–H groups in total. The minimum Gasteiger partial charge on any atom is -0.306 e. The van der Waals surface area contributed by atoms with E-state index in [4.69, 9.17) is 0 Å². The van der Waals surface area contributed by atoms with E-state index in [2.05, 4.69) is 23.2 Å². The van der Waals surface area contributed by atoms with E-state index in [1.54, 1.807) is 0 Å². The van der Waals surface area contributed by atoms with Gasteiger partial charge in [0, 0.05) is 29.8 Å². The van der Waals surface area contributed by atoms with Crippen LogP contribution < -0.4 is 4.90 Å². The van der Waals surface area contributed by atoms with Crippen LogP contribution in [0.4, 0.5) is 5.69 Å². The van der Waals surface area contributed by atoms with E-state index >= 15 is 0 Å². The zero-order valence-corrected chi connectivity index (χ0v) is 12.2. The van der Waals surface area contributed by atoms with Crippen molar-refractivity contribution in [2.45, 2.75) is 19.4 Å². The summed E-state index contributed by atoms with van der Waals surface area (Å²) in [4.78, 5) is 19.0. The Morgan fingerprint density at radius 2 is 1.73 bits per heavy atom. The van der Waals surface area contributed by atoms with Gasteiger partial charge >= 0.3 is 0 Å². The summed E-state index contributed by atoms with van der Waals surface area (Å²) in [5.74, 6) is 0.175. The number of hydrogen-bond donors (Lipinski definition) is 0. The first-order valence-corrected chi connectivity index (χ1v) is 7.54. The molecular formula is C19H16N2O. The molecule has 3 nitrogen and oxygen atoms in total. The van der Waals surface area contributed by atoms with Crippen molar-refractivity contribution in [1.82, 2.24) is 4.98 Å². The molecule has 1 aliphatic rings. The predicted molar refractivity (Wildman–Crippen MR) is 87.7 cm³/mol. The van der Waals surface area contributed by atoms with E-state index in [0.29, 0.717) is 13.0 Å². The Morgan fingerprint density at radius 3 is 2.59 bits per heavy atom. The highest BCUT2D eigenvalue weighted by Gasteiger charge is 2.27. The normalized spacial score (nSPS) is 14.2. The maximum atomic E-state index is 12.5. The van der Waals surface area contributed by atoms with Gasteiger partial charge in [0.25, 0.3) is 0 Å². The van der Waals surface area contributed by atoms with Crippen LogP contribution >= 0.6 is 0 Å². The Bertz CT molecular complexity index is 842. The van der Waals surface area contributed by atoms with E-state index in [-0.39, 0.29) is 5.91 Å². The zero-order chi connectivity index (χ0) is 14.9. The number of aromatic nitrogens is 1. The fourth-order valence-corrected chi connectivity index (χ4v) is 3.09. The molecule has 0 bridgehead atoms. The van der Waals surface area contributed by atoms with Gasteiger partial charge in [-0.15, -0.1) is 0 Å². The number of carbonyl (C=O) groups excluding carboxylic acids is 1. The third-order valence-electron chi connectivity index (χ3n) is 4.18. The maximum absolute atomic E-state index is 12.5. The molecule has 4 rings (SSSR count). The number of carbonyl (C=O) groups is 1. The van der Waals surface area contributed by atoms with Gasteiger partial charge in [0.15, 0.2) is 0 Å². The summed E-state index contributed by atoms with van der Waals surface area (Å²) >= 11 is 0. The van der Waals surface area contributed by atoms with Gasteiger partial charge in [0.05, 0.1) is 17.9 Å². The summed E-state index contributed by atoms with van der Waals surface area (Å²) < 4.78 is 0. The van der Waals surface area contributed by atoms with Crippen molar-refractivity contribution < 1.29 is 4.79 Å². The fraction of sp³-hybridized carbons (Fsp3) is 0.158. The van der Waals surface area contributed by atoms with Gasteiger partial charge in [-0.3, -0.25) is 9.78 Å². The summed E-state index contributed by atoms with van der Waals surface area (Å²) in [7, 11) is 0. The highest BCUT2D eigenvalue weighted by Crippen LogP contribution is 2.34. The Balaban J connectivity index is 1.86. The van der Waals surface area contributed by atoms with Crippen LogP contribution in [0.15, 0.2) is 60.8 Å². The van der Waals surface area contributed by atoms with Crippen LogP contribution in [0.1, 0.15) is 17.7 Å². The second-order valence-electron chi connectivity index (χ2n) is 5.61. The monoisotopic (exact) mass is 288 g/mol. The van der Waals surface area contributed by atoms with Gasteiger partial charge in [0.1, 0.15) is 0 Å². The lowest BCUT2D eigenvalue weighted by molar-refractivity contribution is -0.119. The Morgan fingerprint density at radius 1 is 0.955 bits per heavy atom. The molecular weight excluding hydrogens is 272 g/mol. The topological polar surface area (TPSA) is 33.2 Å². The van der Waals surface area contributed by atoms with E-state index in [0.717, 1.165) is 34.1 Å². The van der Waals surface area contributed by atoms with Crippen LogP contribution in [0.2, 0.25) is 0 Å². The molecule has 1 aromatic heterocycles. The molecule has 3 aromatic rings. The second kappa shape index (κ2) is 5.26. The summed E-state index contributed by atoms with van der Waals surface area (Å²) in [6.45, 7) is 0.600. The number of benzene rings is 2. The molecule has 3 heteroatoms. The molecule has 2 aromatic carbocycles. The number of nitrogens with zero attached hydrogens (tertiary/aromatic N) is 2. The third-order valence-corrected chi connectivity index (χ3v) is 4.18. The molecule has 0 spiro atoms. The molecule has 108 valence electrons. The standard InChI is InChI=1S/C19H16N2O/c22-18-11-10-17-19(16-9-5-4-8-15(16)12-20-17)21(18)13-14-6-2-1-3-7-14/h1-9,12H,10-11,13H2. The van der Waals surface area contributed by atoms with Crippen LogP contribution in [-0.4, -0.2) is 10.9 Å². The number of fused-ring (bicyclic) bond motifs is 3. The number of rotatable bonds is 2. The van der Waals surface area contributed by atoms with E-state index < -0.39 is 0 Å². The lowest BCUT2D eigenvalue weighted by atomic mass is 10.0. The van der Waals surface area contributed by atoms with Crippen LogP contribution in [-0.2, 0) is 17.8 Å². The van der Waals surface area contributed by atoms with Crippen molar-refractivity contribution in [2.24, 2.45) is 0 Å². The van der Waals surface area contributed by atoms with E-state index in [9.17, 15) is 4.79 Å². The van der Waals surface area contributed by atoms with Gasteiger partial charge in [-0.05, 0) is 5.56 Å². The second-order valence-corrected chi connectivity index (χ2v) is 5.61. The van der Waals surface area contributed by atoms with E-state index in [1.165, 1.54) is 0 Å². The van der Waals surface area contributed by atoms with E-state index in [1.807, 2.05) is 47.5 Å². The highest BCUT2D eigenvalue weighted by molar-refractivity contribution is 6.05. The van der Waals surface area contributed by atoms with Gasteiger partial charge in [-0.2, -0.15) is 0 Å². The molecule has 0 radical (unpaired) electrons. The zero-order valence-electron chi connectivity index (χ0n) is 12.2. The highest BCUT2D eigenvalue weighted by atomic mass is 16.2. The average Bonchev–Trinajstić information content (AvgIpc) is 2.58. The first kappa shape index (κ1) is 13.0. The molecule has 0 atom stereocenters. The summed E-state index contributed by atoms with van der Waals surface area (Å²) in [6.07, 6.45) is 3.17. The van der Waals surface area contributed by atoms with Crippen molar-refractivity contribution in [3.63, 3.8) is 0 Å². The summed E-state index contributed by atoms with van der Waals surface area (Å²) in [6, 6.07) is 18.3. The van der Waals surface area contributed by atoms with Crippen LogP contribution in [0, 0.1) is 0 Å². The van der Waals surface area contributed by atoms with Crippen LogP contribution in [0.3, 0.4) is 0 Å². The van der Waals surface area contributed by atoms with Gasteiger partial charge in [-0.1, -0.05) is 54.6 Å². The average molecular weight is 288 g/mol. The third kappa shape index (κ3) is 2.15. The molecule has 2 heterocycles. The lowest BCUT2D eigenvalue weighted by Crippen LogP contribution is -2.35. The molecule has 0 unspecified atom stereocenters. The maximum Gasteiger partial charge on any atom is 0.227 e. The van der Waals surface area contributed by atoms with Gasteiger partial charge < -0.3 is 4.90 Å². The van der Waals surface area contributed by atoms with Crippen molar-refractivity contribution in [3.05, 3.63) is 72.1 Å². The van der Waals surface area contributed by atoms with Crippen LogP contribution in [0.25, 0.3) is 10.8 Å². The quantitative estimate of drug-likeness (QED) is 0.720. The smallest absolute Gasteiger partial charge is 0.227 e. The van der Waals surface area contributed by atoms with Crippen molar-refractivity contribution in [2.75, 3.05) is 4.90 Å². The Kier molecular flexibility index (Phi) is 3.11. The molecule has 0 fully saturated rings. The van der Waals surface area contributed by atoms with Crippen molar-refractivity contribution >= 4 is 22.4 Å². The fourth-order valence-electron chi connectivity index (χ4n) is 3.09. The first-order chi connectivity index (χ1) is 10.8. The SMILES string of the molecule is O=C1CCc2ncc3ccccc3c2N1Cc1ccccc1. The van der Waals surface area contributed by atoms with Crippen molar-refractivity contribution in [1.29, 1.82) is 0 Å². The number of amides is 1. The van der Waals surface area contributed by atoms with Gasteiger partial charge in [-0.25, -0.2) is 0 Å². The molecule has 22 heavy (non-hydrogen) atoms. The molecule has 1 aliphatic heterocycles. The molecule has 0 aliphatic carbocycles. The number of anilines is 1.